The Bertz CT molecular complexity index is 1020. The largest absolute Gasteiger partial charge is 0.508 e. The molecule has 3 aromatic carbocycles. The van der Waals surface area contributed by atoms with Crippen LogP contribution in [-0.2, 0) is 5.60 Å². The highest BCUT2D eigenvalue weighted by Gasteiger charge is 2.57. The molecule has 2 nitrogen and oxygen atoms in total. The third-order valence-electron chi connectivity index (χ3n) is 7.92. The fraction of sp³-hybridized carbons (Fsp3) is 0.385. The first-order valence-corrected chi connectivity index (χ1v) is 10.7. The zero-order valence-electron chi connectivity index (χ0n) is 16.0. The third kappa shape index (κ3) is 2.24. The van der Waals surface area contributed by atoms with E-state index < -0.39 is 5.60 Å². The Hall–Kier alpha value is -2.32. The molecule has 4 aliphatic carbocycles. The molecule has 0 amide bonds. The van der Waals surface area contributed by atoms with Gasteiger partial charge in [-0.2, -0.15) is 0 Å². The standard InChI is InChI=1S/C26H26O2/c27-21-7-5-18(6-8-21)22-9-10-25(24-4-2-1-3-23(22)24)26(28)19-12-16-11-17(14-19)15-20(26)13-16/h1-10,16-17,19-20,27-28H,11-15H2. The summed E-state index contributed by atoms with van der Waals surface area (Å²) in [7, 11) is 0. The van der Waals surface area contributed by atoms with E-state index in [1.165, 1.54) is 42.9 Å². The van der Waals surface area contributed by atoms with Crippen LogP contribution >= 0.6 is 0 Å². The molecule has 0 heterocycles. The molecular formula is C26H26O2. The molecule has 4 aliphatic rings. The summed E-state index contributed by atoms with van der Waals surface area (Å²) in [5, 5.41) is 24.1. The number of hydrogen-bond acceptors (Lipinski definition) is 2. The molecule has 28 heavy (non-hydrogen) atoms. The van der Waals surface area contributed by atoms with E-state index in [4.69, 9.17) is 0 Å². The van der Waals surface area contributed by atoms with Crippen LogP contribution in [0.1, 0.15) is 37.7 Å². The van der Waals surface area contributed by atoms with Gasteiger partial charge in [0.05, 0.1) is 5.60 Å². The molecule has 3 aromatic rings. The maximum Gasteiger partial charge on any atom is 0.115 e. The monoisotopic (exact) mass is 370 g/mol. The lowest BCUT2D eigenvalue weighted by atomic mass is 9.48. The van der Waals surface area contributed by atoms with E-state index in [2.05, 4.69) is 36.4 Å². The fourth-order valence-electron chi connectivity index (χ4n) is 6.88. The van der Waals surface area contributed by atoms with Gasteiger partial charge in [-0.3, -0.25) is 0 Å². The predicted octanol–water partition coefficient (Wildman–Crippen LogP) is 5.86. The van der Waals surface area contributed by atoms with Crippen molar-refractivity contribution in [2.24, 2.45) is 23.7 Å². The molecule has 0 radical (unpaired) electrons. The highest BCUT2D eigenvalue weighted by Crippen LogP contribution is 2.62. The normalized spacial score (nSPS) is 33.5. The first-order chi connectivity index (χ1) is 13.6. The number of phenols is 1. The summed E-state index contributed by atoms with van der Waals surface area (Å²) in [6.45, 7) is 0. The van der Waals surface area contributed by atoms with Crippen LogP contribution in [0.25, 0.3) is 21.9 Å². The SMILES string of the molecule is Oc1ccc(-c2ccc(C3(O)C4CC5CC(C4)CC3C5)c3ccccc23)cc1. The molecule has 4 fully saturated rings. The Kier molecular flexibility index (Phi) is 3.47. The van der Waals surface area contributed by atoms with Gasteiger partial charge in [-0.05, 0) is 95.4 Å². The molecule has 142 valence electrons. The molecule has 0 unspecified atom stereocenters. The molecule has 0 spiro atoms. The van der Waals surface area contributed by atoms with Gasteiger partial charge in [-0.25, -0.2) is 0 Å². The minimum absolute atomic E-state index is 0.285. The van der Waals surface area contributed by atoms with Crippen LogP contribution in [0.5, 0.6) is 5.75 Å². The van der Waals surface area contributed by atoms with Gasteiger partial charge in [-0.15, -0.1) is 0 Å². The Morgan fingerprint density at radius 3 is 1.93 bits per heavy atom. The van der Waals surface area contributed by atoms with E-state index in [0.717, 1.165) is 28.5 Å². The molecule has 0 atom stereocenters. The average molecular weight is 370 g/mol. The van der Waals surface area contributed by atoms with Gasteiger partial charge in [0.2, 0.25) is 0 Å². The predicted molar refractivity (Wildman–Crippen MR) is 112 cm³/mol. The summed E-state index contributed by atoms with van der Waals surface area (Å²) >= 11 is 0. The molecule has 0 aliphatic heterocycles. The Morgan fingerprint density at radius 2 is 1.29 bits per heavy atom. The van der Waals surface area contributed by atoms with E-state index in [-0.39, 0.29) is 5.75 Å². The zero-order chi connectivity index (χ0) is 18.9. The van der Waals surface area contributed by atoms with Crippen molar-refractivity contribution in [2.45, 2.75) is 37.7 Å². The van der Waals surface area contributed by atoms with Crippen molar-refractivity contribution in [2.75, 3.05) is 0 Å². The number of phenolic OH excluding ortho intramolecular Hbond substituents is 1. The van der Waals surface area contributed by atoms with Crippen LogP contribution in [0.2, 0.25) is 0 Å². The molecule has 2 heteroatoms. The second kappa shape index (κ2) is 5.84. The Balaban J connectivity index is 1.54. The second-order valence-electron chi connectivity index (χ2n) is 9.38. The summed E-state index contributed by atoms with van der Waals surface area (Å²) in [6, 6.07) is 20.3. The van der Waals surface area contributed by atoms with Gasteiger partial charge in [0.1, 0.15) is 5.75 Å². The van der Waals surface area contributed by atoms with Gasteiger partial charge < -0.3 is 10.2 Å². The maximum atomic E-state index is 12.1. The summed E-state index contributed by atoms with van der Waals surface area (Å²) < 4.78 is 0. The van der Waals surface area contributed by atoms with Crippen LogP contribution in [0, 0.1) is 23.7 Å². The van der Waals surface area contributed by atoms with Crippen molar-refractivity contribution in [3.8, 4) is 16.9 Å². The van der Waals surface area contributed by atoms with E-state index in [0.29, 0.717) is 11.8 Å². The lowest BCUT2D eigenvalue weighted by Gasteiger charge is -2.59. The number of rotatable bonds is 2. The lowest BCUT2D eigenvalue weighted by molar-refractivity contribution is -0.178. The van der Waals surface area contributed by atoms with Crippen LogP contribution in [-0.4, -0.2) is 10.2 Å². The lowest BCUT2D eigenvalue weighted by Crippen LogP contribution is -2.55. The van der Waals surface area contributed by atoms with Gasteiger partial charge >= 0.3 is 0 Å². The number of aliphatic hydroxyl groups is 1. The van der Waals surface area contributed by atoms with Crippen LogP contribution in [0.4, 0.5) is 0 Å². The van der Waals surface area contributed by atoms with Crippen molar-refractivity contribution in [1.29, 1.82) is 0 Å². The molecule has 7 rings (SSSR count). The first kappa shape index (κ1) is 16.6. The van der Waals surface area contributed by atoms with E-state index in [1.54, 1.807) is 12.1 Å². The number of benzene rings is 3. The van der Waals surface area contributed by atoms with Crippen molar-refractivity contribution < 1.29 is 10.2 Å². The highest BCUT2D eigenvalue weighted by atomic mass is 16.3. The number of aromatic hydroxyl groups is 1. The average Bonchev–Trinajstić information content (AvgIpc) is 2.71. The van der Waals surface area contributed by atoms with Crippen LogP contribution in [0.3, 0.4) is 0 Å². The zero-order valence-corrected chi connectivity index (χ0v) is 16.0. The van der Waals surface area contributed by atoms with Crippen molar-refractivity contribution in [3.63, 3.8) is 0 Å². The number of fused-ring (bicyclic) bond motifs is 1. The molecule has 4 bridgehead atoms. The highest BCUT2D eigenvalue weighted by molar-refractivity contribution is 5.99. The fourth-order valence-corrected chi connectivity index (χ4v) is 6.88. The summed E-state index contributed by atoms with van der Waals surface area (Å²) in [5.74, 6) is 2.78. The van der Waals surface area contributed by atoms with E-state index in [1.807, 2.05) is 12.1 Å². The molecule has 0 saturated heterocycles. The third-order valence-corrected chi connectivity index (χ3v) is 7.92. The van der Waals surface area contributed by atoms with Crippen molar-refractivity contribution >= 4 is 10.8 Å². The van der Waals surface area contributed by atoms with Crippen molar-refractivity contribution in [3.05, 3.63) is 66.2 Å². The molecular weight excluding hydrogens is 344 g/mol. The molecule has 2 N–H and O–H groups in total. The maximum absolute atomic E-state index is 12.1. The van der Waals surface area contributed by atoms with Gasteiger partial charge in [0.15, 0.2) is 0 Å². The minimum atomic E-state index is -0.680. The van der Waals surface area contributed by atoms with Crippen LogP contribution in [0.15, 0.2) is 60.7 Å². The first-order valence-electron chi connectivity index (χ1n) is 10.7. The Labute approximate surface area is 165 Å². The topological polar surface area (TPSA) is 40.5 Å². The minimum Gasteiger partial charge on any atom is -0.508 e. The smallest absolute Gasteiger partial charge is 0.115 e. The Morgan fingerprint density at radius 1 is 0.679 bits per heavy atom. The van der Waals surface area contributed by atoms with Gasteiger partial charge in [-0.1, -0.05) is 48.5 Å². The van der Waals surface area contributed by atoms with Gasteiger partial charge in [0.25, 0.3) is 0 Å². The van der Waals surface area contributed by atoms with E-state index >= 15 is 0 Å². The van der Waals surface area contributed by atoms with Gasteiger partial charge in [0, 0.05) is 0 Å². The second-order valence-corrected chi connectivity index (χ2v) is 9.38. The van der Waals surface area contributed by atoms with E-state index in [9.17, 15) is 10.2 Å². The number of hydrogen-bond donors (Lipinski definition) is 2. The van der Waals surface area contributed by atoms with Crippen molar-refractivity contribution in [1.82, 2.24) is 0 Å². The summed E-state index contributed by atoms with van der Waals surface area (Å²) in [5.41, 5.74) is 2.71. The molecule has 4 saturated carbocycles. The summed E-state index contributed by atoms with van der Waals surface area (Å²) in [4.78, 5) is 0. The summed E-state index contributed by atoms with van der Waals surface area (Å²) in [6.07, 6.45) is 6.16. The van der Waals surface area contributed by atoms with Crippen LogP contribution < -0.4 is 0 Å². The quantitative estimate of drug-likeness (QED) is 0.593. The molecule has 0 aromatic heterocycles.